The van der Waals surface area contributed by atoms with E-state index in [0.29, 0.717) is 12.2 Å². The van der Waals surface area contributed by atoms with Crippen LogP contribution < -0.4 is 10.9 Å². The van der Waals surface area contributed by atoms with E-state index in [-0.39, 0.29) is 23.1 Å². The minimum Gasteiger partial charge on any atom is -0.273 e. The molecule has 0 radical (unpaired) electrons. The number of nitrogens with one attached hydrogen (secondary N) is 2. The number of carbonyl (C=O) groups excluding carboxylic acids is 2. The maximum atomic E-state index is 13.1. The standard InChI is InChI=1S/C19H23FN4O2/c1-19(2,3)16-10-15(18(26)22-21-17(25)13-6-7-13)24(23-16)11-12-4-8-14(20)9-5-12/h4-5,8-10,13H,6-7,11H2,1-3H3,(H,21,25)(H,22,26). The molecule has 138 valence electrons. The van der Waals surface area contributed by atoms with Crippen molar-refractivity contribution in [3.05, 3.63) is 53.1 Å². The minimum atomic E-state index is -0.427. The maximum absolute atomic E-state index is 13.1. The fraction of sp³-hybridized carbons (Fsp3) is 0.421. The van der Waals surface area contributed by atoms with Crippen molar-refractivity contribution in [3.8, 4) is 0 Å². The van der Waals surface area contributed by atoms with Gasteiger partial charge >= 0.3 is 0 Å². The lowest BCUT2D eigenvalue weighted by atomic mass is 9.92. The number of benzene rings is 1. The topological polar surface area (TPSA) is 76.0 Å². The van der Waals surface area contributed by atoms with Crippen molar-refractivity contribution in [2.45, 2.75) is 45.6 Å². The average molecular weight is 358 g/mol. The molecule has 3 rings (SSSR count). The van der Waals surface area contributed by atoms with Crippen LogP contribution in [0.15, 0.2) is 30.3 Å². The van der Waals surface area contributed by atoms with Crippen molar-refractivity contribution in [2.75, 3.05) is 0 Å². The van der Waals surface area contributed by atoms with E-state index in [1.165, 1.54) is 12.1 Å². The fourth-order valence-corrected chi connectivity index (χ4v) is 2.48. The quantitative estimate of drug-likeness (QED) is 0.825. The summed E-state index contributed by atoms with van der Waals surface area (Å²) in [6.45, 7) is 6.35. The van der Waals surface area contributed by atoms with E-state index in [1.807, 2.05) is 20.8 Å². The Morgan fingerprint density at radius 3 is 2.42 bits per heavy atom. The molecule has 1 aliphatic rings. The predicted molar refractivity (Wildman–Crippen MR) is 94.8 cm³/mol. The summed E-state index contributed by atoms with van der Waals surface area (Å²) < 4.78 is 14.7. The maximum Gasteiger partial charge on any atom is 0.287 e. The normalized spacial score (nSPS) is 14.2. The molecule has 1 aliphatic carbocycles. The third-order valence-corrected chi connectivity index (χ3v) is 4.27. The van der Waals surface area contributed by atoms with Crippen molar-refractivity contribution in [1.29, 1.82) is 0 Å². The molecule has 1 heterocycles. The summed E-state index contributed by atoms with van der Waals surface area (Å²) in [6.07, 6.45) is 1.72. The molecule has 0 atom stereocenters. The number of hydrogen-bond donors (Lipinski definition) is 2. The molecule has 1 aromatic carbocycles. The van der Waals surface area contributed by atoms with Crippen LogP contribution in [0.2, 0.25) is 0 Å². The number of nitrogens with zero attached hydrogens (tertiary/aromatic N) is 2. The van der Waals surface area contributed by atoms with E-state index in [1.54, 1.807) is 22.9 Å². The average Bonchev–Trinajstić information content (AvgIpc) is 3.34. The lowest BCUT2D eigenvalue weighted by molar-refractivity contribution is -0.123. The Kier molecular flexibility index (Phi) is 4.80. The van der Waals surface area contributed by atoms with Gasteiger partial charge in [-0.25, -0.2) is 4.39 Å². The second kappa shape index (κ2) is 6.90. The van der Waals surface area contributed by atoms with Gasteiger partial charge in [0.1, 0.15) is 11.5 Å². The van der Waals surface area contributed by atoms with Gasteiger partial charge in [-0.1, -0.05) is 32.9 Å². The summed E-state index contributed by atoms with van der Waals surface area (Å²) in [4.78, 5) is 24.3. The molecule has 0 spiro atoms. The molecule has 0 unspecified atom stereocenters. The monoisotopic (exact) mass is 358 g/mol. The van der Waals surface area contributed by atoms with E-state index in [0.717, 1.165) is 24.1 Å². The first-order valence-corrected chi connectivity index (χ1v) is 8.67. The second-order valence-electron chi connectivity index (χ2n) is 7.67. The van der Waals surface area contributed by atoms with Crippen LogP contribution in [0.25, 0.3) is 0 Å². The molecule has 6 nitrogen and oxygen atoms in total. The van der Waals surface area contributed by atoms with Gasteiger partial charge in [0.05, 0.1) is 12.2 Å². The summed E-state index contributed by atoms with van der Waals surface area (Å²) in [5, 5.41) is 4.54. The highest BCUT2D eigenvalue weighted by molar-refractivity contribution is 5.94. The van der Waals surface area contributed by atoms with E-state index >= 15 is 0 Å². The number of carbonyl (C=O) groups is 2. The zero-order valence-corrected chi connectivity index (χ0v) is 15.2. The van der Waals surface area contributed by atoms with Crippen LogP contribution in [0.4, 0.5) is 4.39 Å². The van der Waals surface area contributed by atoms with Crippen LogP contribution >= 0.6 is 0 Å². The van der Waals surface area contributed by atoms with Gasteiger partial charge in [0.25, 0.3) is 5.91 Å². The van der Waals surface area contributed by atoms with Crippen molar-refractivity contribution in [3.63, 3.8) is 0 Å². The van der Waals surface area contributed by atoms with Crippen LogP contribution in [0.3, 0.4) is 0 Å². The van der Waals surface area contributed by atoms with E-state index in [4.69, 9.17) is 0 Å². The molecule has 0 aliphatic heterocycles. The van der Waals surface area contributed by atoms with Crippen LogP contribution in [-0.2, 0) is 16.8 Å². The van der Waals surface area contributed by atoms with Crippen LogP contribution in [0.1, 0.15) is 55.4 Å². The van der Waals surface area contributed by atoms with E-state index in [2.05, 4.69) is 16.0 Å². The molecule has 1 aromatic heterocycles. The summed E-state index contributed by atoms with van der Waals surface area (Å²) in [7, 11) is 0. The highest BCUT2D eigenvalue weighted by Gasteiger charge is 2.30. The molecule has 0 saturated heterocycles. The number of amides is 2. The summed E-state index contributed by atoms with van der Waals surface area (Å²) in [5.41, 5.74) is 6.62. The smallest absolute Gasteiger partial charge is 0.273 e. The van der Waals surface area contributed by atoms with Gasteiger partial charge in [-0.3, -0.25) is 25.1 Å². The Morgan fingerprint density at radius 2 is 1.85 bits per heavy atom. The van der Waals surface area contributed by atoms with E-state index < -0.39 is 5.91 Å². The Bertz CT molecular complexity index is 817. The van der Waals surface area contributed by atoms with Crippen molar-refractivity contribution in [2.24, 2.45) is 5.92 Å². The van der Waals surface area contributed by atoms with Crippen LogP contribution in [-0.4, -0.2) is 21.6 Å². The third kappa shape index (κ3) is 4.28. The van der Waals surface area contributed by atoms with Crippen molar-refractivity contribution >= 4 is 11.8 Å². The van der Waals surface area contributed by atoms with Gasteiger partial charge in [-0.15, -0.1) is 0 Å². The summed E-state index contributed by atoms with van der Waals surface area (Å²) in [5.74, 6) is -0.905. The van der Waals surface area contributed by atoms with Gasteiger partial charge < -0.3 is 0 Å². The van der Waals surface area contributed by atoms with Gasteiger partial charge in [0, 0.05) is 11.3 Å². The van der Waals surface area contributed by atoms with Crippen LogP contribution in [0.5, 0.6) is 0 Å². The Hall–Kier alpha value is -2.70. The number of aromatic nitrogens is 2. The molecular formula is C19H23FN4O2. The lowest BCUT2D eigenvalue weighted by Crippen LogP contribution is -2.43. The molecule has 2 N–H and O–H groups in total. The Balaban J connectivity index is 1.81. The predicted octanol–water partition coefficient (Wildman–Crippen LogP) is 2.54. The first kappa shape index (κ1) is 18.1. The van der Waals surface area contributed by atoms with Gasteiger partial charge in [-0.2, -0.15) is 5.10 Å². The molecule has 1 saturated carbocycles. The molecule has 1 fully saturated rings. The zero-order chi connectivity index (χ0) is 18.9. The van der Waals surface area contributed by atoms with Crippen molar-refractivity contribution in [1.82, 2.24) is 20.6 Å². The molecule has 0 bridgehead atoms. The third-order valence-electron chi connectivity index (χ3n) is 4.27. The number of hydrogen-bond acceptors (Lipinski definition) is 3. The molecular weight excluding hydrogens is 335 g/mol. The first-order chi connectivity index (χ1) is 12.2. The largest absolute Gasteiger partial charge is 0.287 e. The van der Waals surface area contributed by atoms with Gasteiger partial charge in [0.15, 0.2) is 0 Å². The second-order valence-corrected chi connectivity index (χ2v) is 7.67. The highest BCUT2D eigenvalue weighted by Crippen LogP contribution is 2.28. The molecule has 7 heteroatoms. The summed E-state index contributed by atoms with van der Waals surface area (Å²) >= 11 is 0. The van der Waals surface area contributed by atoms with Gasteiger partial charge in [0.2, 0.25) is 5.91 Å². The highest BCUT2D eigenvalue weighted by atomic mass is 19.1. The Labute approximate surface area is 151 Å². The SMILES string of the molecule is CC(C)(C)c1cc(C(=O)NNC(=O)C2CC2)n(Cc2ccc(F)cc2)n1. The first-order valence-electron chi connectivity index (χ1n) is 8.67. The lowest BCUT2D eigenvalue weighted by Gasteiger charge is -2.14. The number of hydrazine groups is 1. The van der Waals surface area contributed by atoms with Crippen LogP contribution in [0, 0.1) is 11.7 Å². The van der Waals surface area contributed by atoms with Crippen molar-refractivity contribution < 1.29 is 14.0 Å². The van der Waals surface area contributed by atoms with E-state index in [9.17, 15) is 14.0 Å². The zero-order valence-electron chi connectivity index (χ0n) is 15.2. The van der Waals surface area contributed by atoms with Gasteiger partial charge in [-0.05, 0) is 36.6 Å². The molecule has 2 amide bonds. The molecule has 2 aromatic rings. The minimum absolute atomic E-state index is 0.00422. The number of rotatable bonds is 4. The Morgan fingerprint density at radius 1 is 1.19 bits per heavy atom. The molecule has 26 heavy (non-hydrogen) atoms. The summed E-state index contributed by atoms with van der Waals surface area (Å²) in [6, 6.07) is 7.79. The fourth-order valence-electron chi connectivity index (χ4n) is 2.48. The number of halogens is 1.